The average molecular weight is 543 g/mol. The highest BCUT2D eigenvalue weighted by Gasteiger charge is 2.43. The van der Waals surface area contributed by atoms with Crippen LogP contribution >= 0.6 is 15.9 Å². The van der Waals surface area contributed by atoms with Crippen molar-refractivity contribution in [1.82, 2.24) is 9.80 Å². The lowest BCUT2D eigenvalue weighted by molar-refractivity contribution is -0.129. The lowest BCUT2D eigenvalue weighted by Gasteiger charge is -2.31. The molecular weight excluding hydrogens is 516 g/mol. The van der Waals surface area contributed by atoms with Crippen molar-refractivity contribution in [3.63, 3.8) is 0 Å². The van der Waals surface area contributed by atoms with Gasteiger partial charge in [-0.2, -0.15) is 0 Å². The minimum Gasteiger partial charge on any atom is -0.503 e. The normalized spacial score (nSPS) is 19.1. The zero-order valence-electron chi connectivity index (χ0n) is 19.3. The fraction of sp³-hybridized carbons (Fsp3) is 0.308. The van der Waals surface area contributed by atoms with E-state index in [0.717, 1.165) is 18.7 Å². The molecule has 2 aliphatic rings. The Kier molecular flexibility index (Phi) is 7.90. The third kappa shape index (κ3) is 5.42. The van der Waals surface area contributed by atoms with E-state index in [1.54, 1.807) is 18.2 Å². The van der Waals surface area contributed by atoms with Gasteiger partial charge in [0.05, 0.1) is 36.4 Å². The lowest BCUT2D eigenvalue weighted by atomic mass is 9.95. The second-order valence-corrected chi connectivity index (χ2v) is 9.13. The van der Waals surface area contributed by atoms with E-state index in [-0.39, 0.29) is 17.1 Å². The zero-order valence-corrected chi connectivity index (χ0v) is 20.9. The number of aromatic hydroxyl groups is 1. The van der Waals surface area contributed by atoms with Gasteiger partial charge in [-0.15, -0.1) is 0 Å². The molecule has 2 N–H and O–H groups in total. The van der Waals surface area contributed by atoms with Crippen LogP contribution < -0.4 is 4.74 Å². The molecule has 9 heteroatoms. The molecular formula is C26H27BrN2O6. The van der Waals surface area contributed by atoms with Crippen LogP contribution in [0.4, 0.5) is 0 Å². The van der Waals surface area contributed by atoms with E-state index >= 15 is 0 Å². The Morgan fingerprint density at radius 3 is 2.57 bits per heavy atom. The molecule has 1 fully saturated rings. The highest BCUT2D eigenvalue weighted by atomic mass is 79.9. The highest BCUT2D eigenvalue weighted by Crippen LogP contribution is 2.43. The fourth-order valence-electron chi connectivity index (χ4n) is 4.29. The highest BCUT2D eigenvalue weighted by molar-refractivity contribution is 9.10. The predicted octanol–water partition coefficient (Wildman–Crippen LogP) is 3.47. The van der Waals surface area contributed by atoms with Gasteiger partial charge in [-0.1, -0.05) is 36.4 Å². The van der Waals surface area contributed by atoms with E-state index in [4.69, 9.17) is 9.47 Å². The number of carbonyl (C=O) groups is 2. The first-order chi connectivity index (χ1) is 16.9. The number of phenolic OH excluding ortho intramolecular Hbond substituents is 1. The van der Waals surface area contributed by atoms with Crippen LogP contribution in [0.5, 0.6) is 11.5 Å². The van der Waals surface area contributed by atoms with E-state index in [2.05, 4.69) is 20.8 Å². The van der Waals surface area contributed by atoms with E-state index in [9.17, 15) is 19.8 Å². The number of benzene rings is 2. The van der Waals surface area contributed by atoms with E-state index < -0.39 is 23.5 Å². The Hall–Kier alpha value is -3.14. The monoisotopic (exact) mass is 542 g/mol. The van der Waals surface area contributed by atoms with Crippen LogP contribution in [0.2, 0.25) is 0 Å². The van der Waals surface area contributed by atoms with Gasteiger partial charge >= 0.3 is 0 Å². The maximum atomic E-state index is 13.3. The first kappa shape index (κ1) is 25.0. The number of allylic oxidation sites excluding steroid dienone is 1. The molecule has 1 unspecified atom stereocenters. The Morgan fingerprint density at radius 2 is 1.89 bits per heavy atom. The summed E-state index contributed by atoms with van der Waals surface area (Å²) in [6, 6.07) is 11.7. The Morgan fingerprint density at radius 1 is 1.17 bits per heavy atom. The number of amides is 1. The van der Waals surface area contributed by atoms with Gasteiger partial charge in [-0.3, -0.25) is 14.5 Å². The van der Waals surface area contributed by atoms with Crippen molar-refractivity contribution in [3.8, 4) is 11.5 Å². The van der Waals surface area contributed by atoms with Crippen LogP contribution in [0, 0.1) is 0 Å². The second kappa shape index (κ2) is 11.1. The molecule has 4 rings (SSSR count). The summed E-state index contributed by atoms with van der Waals surface area (Å²) < 4.78 is 11.0. The Labute approximate surface area is 212 Å². The number of rotatable bonds is 8. The van der Waals surface area contributed by atoms with E-state index in [1.165, 1.54) is 18.1 Å². The lowest BCUT2D eigenvalue weighted by Crippen LogP contribution is -2.43. The molecule has 2 heterocycles. The molecule has 1 saturated heterocycles. The van der Waals surface area contributed by atoms with Crippen LogP contribution in [0.3, 0.4) is 0 Å². The standard InChI is InChI=1S/C26H27BrN2O6/c1-34-21-16-18(15-19(27)24(21)31)23-22(20(30)8-7-17-5-3-2-4-6-17)25(32)26(33)29(23)10-9-28-11-13-35-14-12-28/h2-8,15-16,23,31-32H,9-14H2,1H3. The molecule has 1 atom stereocenters. The van der Waals surface area contributed by atoms with Gasteiger partial charge < -0.3 is 24.6 Å². The van der Waals surface area contributed by atoms with E-state index in [1.807, 2.05) is 30.3 Å². The number of aliphatic hydroxyl groups is 1. The number of ether oxygens (including phenoxy) is 2. The molecule has 0 radical (unpaired) electrons. The molecule has 184 valence electrons. The molecule has 0 spiro atoms. The second-order valence-electron chi connectivity index (χ2n) is 8.28. The van der Waals surface area contributed by atoms with Crippen molar-refractivity contribution in [2.45, 2.75) is 6.04 Å². The average Bonchev–Trinajstić information content (AvgIpc) is 3.13. The van der Waals surface area contributed by atoms with Crippen molar-refractivity contribution in [2.24, 2.45) is 0 Å². The molecule has 35 heavy (non-hydrogen) atoms. The minimum atomic E-state index is -0.845. The number of methoxy groups -OCH3 is 1. The van der Waals surface area contributed by atoms with Gasteiger partial charge in [-0.05, 0) is 45.3 Å². The van der Waals surface area contributed by atoms with Crippen LogP contribution in [-0.2, 0) is 14.3 Å². The predicted molar refractivity (Wildman–Crippen MR) is 134 cm³/mol. The molecule has 2 aromatic rings. The molecule has 0 aromatic heterocycles. The molecule has 0 saturated carbocycles. The first-order valence-electron chi connectivity index (χ1n) is 11.3. The SMILES string of the molecule is COc1cc(C2C(C(=O)C=Cc3ccccc3)=C(O)C(=O)N2CCN2CCOCC2)cc(Br)c1O. The number of aliphatic hydroxyl groups excluding tert-OH is 1. The minimum absolute atomic E-state index is 0.0104. The van der Waals surface area contributed by atoms with Crippen molar-refractivity contribution in [3.05, 3.63) is 75.5 Å². The Balaban J connectivity index is 1.69. The number of carbonyl (C=O) groups excluding carboxylic acids is 2. The summed E-state index contributed by atoms with van der Waals surface area (Å²) in [7, 11) is 1.42. The topological polar surface area (TPSA) is 99.5 Å². The zero-order chi connectivity index (χ0) is 24.9. The summed E-state index contributed by atoms with van der Waals surface area (Å²) in [5, 5.41) is 21.1. The third-order valence-corrected chi connectivity index (χ3v) is 6.75. The van der Waals surface area contributed by atoms with Gasteiger partial charge in [0.25, 0.3) is 5.91 Å². The maximum absolute atomic E-state index is 13.3. The summed E-state index contributed by atoms with van der Waals surface area (Å²) in [5.74, 6) is -1.55. The molecule has 2 aromatic carbocycles. The van der Waals surface area contributed by atoms with Crippen molar-refractivity contribution in [2.75, 3.05) is 46.5 Å². The number of ketones is 1. The summed E-state index contributed by atoms with van der Waals surface area (Å²) in [6.07, 6.45) is 3.01. The van der Waals surface area contributed by atoms with Gasteiger partial charge in [-0.25, -0.2) is 0 Å². The number of phenols is 1. The van der Waals surface area contributed by atoms with Crippen molar-refractivity contribution in [1.29, 1.82) is 0 Å². The quantitative estimate of drug-likeness (QED) is 0.492. The molecule has 0 aliphatic carbocycles. The smallest absolute Gasteiger partial charge is 0.290 e. The number of hydrogen-bond donors (Lipinski definition) is 2. The summed E-state index contributed by atoms with van der Waals surface area (Å²) in [5.41, 5.74) is 1.34. The van der Waals surface area contributed by atoms with Crippen LogP contribution in [0.25, 0.3) is 6.08 Å². The van der Waals surface area contributed by atoms with E-state index in [0.29, 0.717) is 36.3 Å². The third-order valence-electron chi connectivity index (χ3n) is 6.14. The van der Waals surface area contributed by atoms with Crippen LogP contribution in [-0.4, -0.2) is 78.2 Å². The summed E-state index contributed by atoms with van der Waals surface area (Å²) >= 11 is 3.32. The summed E-state index contributed by atoms with van der Waals surface area (Å²) in [6.45, 7) is 3.60. The Bertz CT molecular complexity index is 1160. The van der Waals surface area contributed by atoms with Gasteiger partial charge in [0.2, 0.25) is 0 Å². The van der Waals surface area contributed by atoms with Gasteiger partial charge in [0.15, 0.2) is 23.0 Å². The number of hydrogen-bond acceptors (Lipinski definition) is 7. The molecule has 2 aliphatic heterocycles. The number of morpholine rings is 1. The first-order valence-corrected chi connectivity index (χ1v) is 12.1. The maximum Gasteiger partial charge on any atom is 0.290 e. The number of halogens is 1. The number of nitrogens with zero attached hydrogens (tertiary/aromatic N) is 2. The van der Waals surface area contributed by atoms with Crippen molar-refractivity contribution >= 4 is 33.7 Å². The summed E-state index contributed by atoms with van der Waals surface area (Å²) in [4.78, 5) is 30.1. The van der Waals surface area contributed by atoms with Crippen LogP contribution in [0.15, 0.2) is 64.3 Å². The molecule has 0 bridgehead atoms. The van der Waals surface area contributed by atoms with Crippen molar-refractivity contribution < 1.29 is 29.3 Å². The molecule has 8 nitrogen and oxygen atoms in total. The van der Waals surface area contributed by atoms with Gasteiger partial charge in [0, 0.05) is 26.2 Å². The van der Waals surface area contributed by atoms with Crippen LogP contribution in [0.1, 0.15) is 17.2 Å². The van der Waals surface area contributed by atoms with Gasteiger partial charge in [0.1, 0.15) is 0 Å². The molecule has 1 amide bonds. The fourth-order valence-corrected chi connectivity index (χ4v) is 4.75. The largest absolute Gasteiger partial charge is 0.503 e.